The van der Waals surface area contributed by atoms with Crippen LogP contribution in [0.3, 0.4) is 0 Å². The fourth-order valence-corrected chi connectivity index (χ4v) is 3.49. The zero-order valence-corrected chi connectivity index (χ0v) is 16.6. The molecule has 1 aliphatic heterocycles. The number of carbonyl (C=O) groups excluding carboxylic acids is 1. The van der Waals surface area contributed by atoms with E-state index < -0.39 is 0 Å². The summed E-state index contributed by atoms with van der Waals surface area (Å²) in [4.78, 5) is 19.2. The largest absolute Gasteiger partial charge is 0.372 e. The number of anilines is 4. The molecule has 1 saturated heterocycles. The van der Waals surface area contributed by atoms with E-state index in [2.05, 4.69) is 50.9 Å². The molecule has 0 atom stereocenters. The van der Waals surface area contributed by atoms with Crippen LogP contribution in [0.5, 0.6) is 0 Å². The molecule has 0 bridgehead atoms. The third-order valence-electron chi connectivity index (χ3n) is 5.16. The van der Waals surface area contributed by atoms with Crippen molar-refractivity contribution in [1.29, 1.82) is 5.26 Å². The molecule has 0 saturated carbocycles. The lowest BCUT2D eigenvalue weighted by atomic mass is 10.1. The Hall–Kier alpha value is -3.85. The molecule has 3 aromatic rings. The van der Waals surface area contributed by atoms with Crippen molar-refractivity contribution in [3.63, 3.8) is 0 Å². The Labute approximate surface area is 176 Å². The van der Waals surface area contributed by atoms with Gasteiger partial charge in [-0.05, 0) is 79.9 Å². The molecule has 4 rings (SSSR count). The van der Waals surface area contributed by atoms with Gasteiger partial charge < -0.3 is 15.5 Å². The van der Waals surface area contributed by atoms with Crippen LogP contribution in [0.2, 0.25) is 0 Å². The molecule has 1 aliphatic rings. The van der Waals surface area contributed by atoms with Crippen LogP contribution < -0.4 is 15.5 Å². The van der Waals surface area contributed by atoms with Crippen molar-refractivity contribution in [2.75, 3.05) is 28.6 Å². The SMILES string of the molecule is N#Cc1ccc(NC(=O)c2ccc(Nc3ccc(N4CCCCC4)cc3)nc2)cc1. The van der Waals surface area contributed by atoms with Crippen LogP contribution in [-0.2, 0) is 0 Å². The average molecular weight is 397 g/mol. The van der Waals surface area contributed by atoms with Gasteiger partial charge in [0.05, 0.1) is 17.2 Å². The Kier molecular flexibility index (Phi) is 5.90. The number of nitrogens with zero attached hydrogens (tertiary/aromatic N) is 3. The molecule has 2 heterocycles. The number of carbonyl (C=O) groups is 1. The number of nitriles is 1. The van der Waals surface area contributed by atoms with E-state index in [9.17, 15) is 4.79 Å². The summed E-state index contributed by atoms with van der Waals surface area (Å²) in [6, 6.07) is 20.7. The van der Waals surface area contributed by atoms with E-state index in [-0.39, 0.29) is 5.91 Å². The van der Waals surface area contributed by atoms with E-state index in [1.807, 2.05) is 0 Å². The predicted octanol–water partition coefficient (Wildman–Crippen LogP) is 4.94. The normalized spacial score (nSPS) is 13.4. The molecule has 2 N–H and O–H groups in total. The molecule has 150 valence electrons. The fourth-order valence-electron chi connectivity index (χ4n) is 3.49. The standard InChI is InChI=1S/C24H23N5O/c25-16-18-4-7-21(8-5-18)28-24(30)19-6-13-23(26-17-19)27-20-9-11-22(12-10-20)29-14-2-1-3-15-29/h4-13,17H,1-3,14-15H2,(H,26,27)(H,28,30). The summed E-state index contributed by atoms with van der Waals surface area (Å²) in [5.74, 6) is 0.431. The maximum atomic E-state index is 12.4. The summed E-state index contributed by atoms with van der Waals surface area (Å²) in [7, 11) is 0. The van der Waals surface area contributed by atoms with Crippen LogP contribution in [0.4, 0.5) is 22.9 Å². The number of hydrogen-bond donors (Lipinski definition) is 2. The lowest BCUT2D eigenvalue weighted by Crippen LogP contribution is -2.29. The highest BCUT2D eigenvalue weighted by Gasteiger charge is 2.11. The summed E-state index contributed by atoms with van der Waals surface area (Å²) >= 11 is 0. The molecule has 1 aromatic heterocycles. The van der Waals surface area contributed by atoms with Crippen molar-refractivity contribution in [2.24, 2.45) is 0 Å². The molecular formula is C24H23N5O. The Bertz CT molecular complexity index is 1030. The van der Waals surface area contributed by atoms with Gasteiger partial charge in [-0.25, -0.2) is 4.98 Å². The third-order valence-corrected chi connectivity index (χ3v) is 5.16. The maximum absolute atomic E-state index is 12.4. The lowest BCUT2D eigenvalue weighted by molar-refractivity contribution is 0.102. The average Bonchev–Trinajstić information content (AvgIpc) is 2.81. The minimum absolute atomic E-state index is 0.246. The van der Waals surface area contributed by atoms with E-state index in [1.165, 1.54) is 24.9 Å². The number of pyridine rings is 1. The number of nitrogens with one attached hydrogen (secondary N) is 2. The Balaban J connectivity index is 1.36. The van der Waals surface area contributed by atoms with Crippen LogP contribution in [0.1, 0.15) is 35.2 Å². The maximum Gasteiger partial charge on any atom is 0.257 e. The van der Waals surface area contributed by atoms with Gasteiger partial charge in [0, 0.05) is 36.3 Å². The van der Waals surface area contributed by atoms with Crippen LogP contribution >= 0.6 is 0 Å². The van der Waals surface area contributed by atoms with E-state index >= 15 is 0 Å². The quantitative estimate of drug-likeness (QED) is 0.637. The molecule has 0 radical (unpaired) electrons. The van der Waals surface area contributed by atoms with Crippen LogP contribution in [0.15, 0.2) is 66.9 Å². The fraction of sp³-hybridized carbons (Fsp3) is 0.208. The van der Waals surface area contributed by atoms with E-state index in [0.29, 0.717) is 22.6 Å². The highest BCUT2D eigenvalue weighted by atomic mass is 16.1. The van der Waals surface area contributed by atoms with Crippen molar-refractivity contribution in [1.82, 2.24) is 4.98 Å². The smallest absolute Gasteiger partial charge is 0.257 e. The zero-order chi connectivity index (χ0) is 20.8. The van der Waals surface area contributed by atoms with Crippen LogP contribution in [0, 0.1) is 11.3 Å². The summed E-state index contributed by atoms with van der Waals surface area (Å²) in [5, 5.41) is 14.9. The van der Waals surface area contributed by atoms with Crippen molar-refractivity contribution < 1.29 is 4.79 Å². The molecule has 6 heteroatoms. The Morgan fingerprint density at radius 3 is 2.23 bits per heavy atom. The van der Waals surface area contributed by atoms with Crippen LogP contribution in [0.25, 0.3) is 0 Å². The topological polar surface area (TPSA) is 81.0 Å². The van der Waals surface area contributed by atoms with Gasteiger partial charge >= 0.3 is 0 Å². The van der Waals surface area contributed by atoms with E-state index in [0.717, 1.165) is 18.8 Å². The first-order chi connectivity index (χ1) is 14.7. The molecule has 6 nitrogen and oxygen atoms in total. The van der Waals surface area contributed by atoms with Gasteiger partial charge in [0.1, 0.15) is 5.82 Å². The number of piperidine rings is 1. The van der Waals surface area contributed by atoms with Crippen molar-refractivity contribution >= 4 is 28.8 Å². The van der Waals surface area contributed by atoms with Crippen molar-refractivity contribution in [3.8, 4) is 6.07 Å². The first kappa shape index (κ1) is 19.5. The minimum atomic E-state index is -0.246. The van der Waals surface area contributed by atoms with Gasteiger partial charge in [-0.3, -0.25) is 4.79 Å². The minimum Gasteiger partial charge on any atom is -0.372 e. The van der Waals surface area contributed by atoms with Gasteiger partial charge in [0.15, 0.2) is 0 Å². The number of hydrogen-bond acceptors (Lipinski definition) is 5. The second-order valence-corrected chi connectivity index (χ2v) is 7.29. The van der Waals surface area contributed by atoms with E-state index in [4.69, 9.17) is 5.26 Å². The number of amides is 1. The third kappa shape index (κ3) is 4.76. The van der Waals surface area contributed by atoms with Crippen LogP contribution in [-0.4, -0.2) is 24.0 Å². The zero-order valence-electron chi connectivity index (χ0n) is 16.6. The monoisotopic (exact) mass is 397 g/mol. The highest BCUT2D eigenvalue weighted by molar-refractivity contribution is 6.04. The summed E-state index contributed by atoms with van der Waals surface area (Å²) in [6.07, 6.45) is 5.39. The molecule has 0 spiro atoms. The second-order valence-electron chi connectivity index (χ2n) is 7.29. The molecule has 1 amide bonds. The molecule has 0 aliphatic carbocycles. The summed E-state index contributed by atoms with van der Waals surface area (Å²) < 4.78 is 0. The van der Waals surface area contributed by atoms with Crippen molar-refractivity contribution in [3.05, 3.63) is 78.0 Å². The van der Waals surface area contributed by atoms with E-state index in [1.54, 1.807) is 42.6 Å². The predicted molar refractivity (Wildman–Crippen MR) is 119 cm³/mol. The Morgan fingerprint density at radius 1 is 0.900 bits per heavy atom. The molecule has 2 aromatic carbocycles. The van der Waals surface area contributed by atoms with Gasteiger partial charge in [-0.2, -0.15) is 5.26 Å². The number of rotatable bonds is 5. The Morgan fingerprint density at radius 2 is 1.60 bits per heavy atom. The summed E-state index contributed by atoms with van der Waals surface area (Å²) in [6.45, 7) is 2.25. The number of benzene rings is 2. The number of aromatic nitrogens is 1. The molecule has 1 fully saturated rings. The first-order valence-electron chi connectivity index (χ1n) is 10.1. The highest BCUT2D eigenvalue weighted by Crippen LogP contribution is 2.23. The molecule has 30 heavy (non-hydrogen) atoms. The molecular weight excluding hydrogens is 374 g/mol. The van der Waals surface area contributed by atoms with Crippen molar-refractivity contribution in [2.45, 2.75) is 19.3 Å². The first-order valence-corrected chi connectivity index (χ1v) is 10.1. The second kappa shape index (κ2) is 9.10. The lowest BCUT2D eigenvalue weighted by Gasteiger charge is -2.28. The molecule has 0 unspecified atom stereocenters. The van der Waals surface area contributed by atoms with Gasteiger partial charge in [0.25, 0.3) is 5.91 Å². The summed E-state index contributed by atoms with van der Waals surface area (Å²) in [5.41, 5.74) is 3.86. The van der Waals surface area contributed by atoms with Gasteiger partial charge in [-0.1, -0.05) is 0 Å². The van der Waals surface area contributed by atoms with Gasteiger partial charge in [0.2, 0.25) is 0 Å². The van der Waals surface area contributed by atoms with Gasteiger partial charge in [-0.15, -0.1) is 0 Å².